The third-order valence-electron chi connectivity index (χ3n) is 3.33. The molecule has 0 aromatic heterocycles. The number of aryl methyl sites for hydroxylation is 1. The standard InChI is InChI=1S/C14H20FNO/c1-11-5-3-4-6-13(11)14(2,15)9-12-10-17-8-7-16-12/h3-6,12,16H,7-10H2,1-2H3. The number of morpholine rings is 1. The molecule has 17 heavy (non-hydrogen) atoms. The Hall–Kier alpha value is -0.930. The first-order valence-electron chi connectivity index (χ1n) is 6.16. The molecule has 2 rings (SSSR count). The Labute approximate surface area is 102 Å². The Balaban J connectivity index is 2.10. The Kier molecular flexibility index (Phi) is 3.79. The Morgan fingerprint density at radius 1 is 1.47 bits per heavy atom. The third-order valence-corrected chi connectivity index (χ3v) is 3.33. The van der Waals surface area contributed by atoms with E-state index in [2.05, 4.69) is 5.32 Å². The molecule has 2 atom stereocenters. The van der Waals surface area contributed by atoms with Gasteiger partial charge in [-0.25, -0.2) is 4.39 Å². The Bertz CT molecular complexity index is 372. The summed E-state index contributed by atoms with van der Waals surface area (Å²) < 4.78 is 20.1. The molecule has 1 heterocycles. The van der Waals surface area contributed by atoms with Crippen molar-refractivity contribution in [1.82, 2.24) is 5.32 Å². The summed E-state index contributed by atoms with van der Waals surface area (Å²) in [5.74, 6) is 0. The summed E-state index contributed by atoms with van der Waals surface area (Å²) in [6.45, 7) is 5.76. The molecule has 1 aliphatic rings. The summed E-state index contributed by atoms with van der Waals surface area (Å²) in [6, 6.07) is 7.78. The number of hydrogen-bond acceptors (Lipinski definition) is 2. The molecule has 2 unspecified atom stereocenters. The largest absolute Gasteiger partial charge is 0.379 e. The van der Waals surface area contributed by atoms with Gasteiger partial charge in [0.15, 0.2) is 0 Å². The molecular weight excluding hydrogens is 217 g/mol. The lowest BCUT2D eigenvalue weighted by Crippen LogP contribution is -2.44. The molecule has 0 saturated carbocycles. The van der Waals surface area contributed by atoms with Gasteiger partial charge in [-0.15, -0.1) is 0 Å². The molecule has 1 aliphatic heterocycles. The maximum Gasteiger partial charge on any atom is 0.135 e. The molecule has 0 spiro atoms. The average Bonchev–Trinajstić information content (AvgIpc) is 2.30. The van der Waals surface area contributed by atoms with Crippen LogP contribution in [0, 0.1) is 6.92 Å². The van der Waals surface area contributed by atoms with Crippen molar-refractivity contribution in [1.29, 1.82) is 0 Å². The molecular formula is C14H20FNO. The molecule has 94 valence electrons. The van der Waals surface area contributed by atoms with Crippen LogP contribution >= 0.6 is 0 Å². The van der Waals surface area contributed by atoms with Gasteiger partial charge < -0.3 is 10.1 Å². The van der Waals surface area contributed by atoms with E-state index in [0.29, 0.717) is 13.0 Å². The van der Waals surface area contributed by atoms with Crippen LogP contribution in [0.5, 0.6) is 0 Å². The summed E-state index contributed by atoms with van der Waals surface area (Å²) >= 11 is 0. The quantitative estimate of drug-likeness (QED) is 0.872. The van der Waals surface area contributed by atoms with E-state index in [1.807, 2.05) is 31.2 Å². The highest BCUT2D eigenvalue weighted by molar-refractivity contribution is 5.31. The van der Waals surface area contributed by atoms with Crippen molar-refractivity contribution >= 4 is 0 Å². The highest BCUT2D eigenvalue weighted by Gasteiger charge is 2.31. The normalized spacial score (nSPS) is 24.3. The summed E-state index contributed by atoms with van der Waals surface area (Å²) in [5.41, 5.74) is 0.491. The van der Waals surface area contributed by atoms with Crippen molar-refractivity contribution in [2.24, 2.45) is 0 Å². The van der Waals surface area contributed by atoms with Crippen LogP contribution < -0.4 is 5.32 Å². The minimum absolute atomic E-state index is 0.110. The topological polar surface area (TPSA) is 21.3 Å². The van der Waals surface area contributed by atoms with Gasteiger partial charge >= 0.3 is 0 Å². The second kappa shape index (κ2) is 5.15. The predicted molar refractivity (Wildman–Crippen MR) is 66.9 cm³/mol. The Morgan fingerprint density at radius 2 is 2.24 bits per heavy atom. The van der Waals surface area contributed by atoms with Crippen LogP contribution in [0.15, 0.2) is 24.3 Å². The number of alkyl halides is 1. The number of benzene rings is 1. The SMILES string of the molecule is Cc1ccccc1C(C)(F)CC1COCCN1. The minimum Gasteiger partial charge on any atom is -0.379 e. The van der Waals surface area contributed by atoms with Crippen molar-refractivity contribution < 1.29 is 9.13 Å². The van der Waals surface area contributed by atoms with E-state index < -0.39 is 5.67 Å². The minimum atomic E-state index is -1.30. The van der Waals surface area contributed by atoms with Crippen LogP contribution in [0.25, 0.3) is 0 Å². The fraction of sp³-hybridized carbons (Fsp3) is 0.571. The maximum atomic E-state index is 14.8. The number of rotatable bonds is 3. The van der Waals surface area contributed by atoms with Crippen molar-refractivity contribution in [3.8, 4) is 0 Å². The first-order chi connectivity index (χ1) is 8.09. The molecule has 3 heteroatoms. The zero-order valence-corrected chi connectivity index (χ0v) is 10.5. The zero-order valence-electron chi connectivity index (χ0n) is 10.5. The molecule has 1 fully saturated rings. The van der Waals surface area contributed by atoms with Crippen molar-refractivity contribution in [2.45, 2.75) is 32.0 Å². The van der Waals surface area contributed by atoms with Crippen molar-refractivity contribution in [2.75, 3.05) is 19.8 Å². The average molecular weight is 237 g/mol. The number of nitrogens with one attached hydrogen (secondary N) is 1. The summed E-state index contributed by atoms with van der Waals surface area (Å²) in [6.07, 6.45) is 0.456. The van der Waals surface area contributed by atoms with Gasteiger partial charge in [0, 0.05) is 19.0 Å². The van der Waals surface area contributed by atoms with Crippen LogP contribution in [-0.4, -0.2) is 25.8 Å². The second-order valence-corrected chi connectivity index (χ2v) is 4.94. The number of ether oxygens (including phenoxy) is 1. The lowest BCUT2D eigenvalue weighted by atomic mass is 9.88. The first kappa shape index (κ1) is 12.5. The van der Waals surface area contributed by atoms with Gasteiger partial charge in [-0.05, 0) is 25.0 Å². The maximum absolute atomic E-state index is 14.8. The highest BCUT2D eigenvalue weighted by atomic mass is 19.1. The van der Waals surface area contributed by atoms with E-state index in [0.717, 1.165) is 24.3 Å². The van der Waals surface area contributed by atoms with Crippen molar-refractivity contribution in [3.05, 3.63) is 35.4 Å². The van der Waals surface area contributed by atoms with Gasteiger partial charge in [0.05, 0.1) is 13.2 Å². The molecule has 1 aromatic carbocycles. The second-order valence-electron chi connectivity index (χ2n) is 4.94. The van der Waals surface area contributed by atoms with Gasteiger partial charge in [0.2, 0.25) is 0 Å². The molecule has 0 radical (unpaired) electrons. The fourth-order valence-corrected chi connectivity index (χ4v) is 2.48. The van der Waals surface area contributed by atoms with E-state index in [-0.39, 0.29) is 6.04 Å². The van der Waals surface area contributed by atoms with Crippen LogP contribution in [0.2, 0.25) is 0 Å². The summed E-state index contributed by atoms with van der Waals surface area (Å²) in [4.78, 5) is 0. The third kappa shape index (κ3) is 3.05. The lowest BCUT2D eigenvalue weighted by molar-refractivity contribution is 0.0473. The van der Waals surface area contributed by atoms with E-state index in [4.69, 9.17) is 4.74 Å². The van der Waals surface area contributed by atoms with Crippen LogP contribution in [0.1, 0.15) is 24.5 Å². The van der Waals surface area contributed by atoms with Crippen LogP contribution in [0.4, 0.5) is 4.39 Å². The highest BCUT2D eigenvalue weighted by Crippen LogP contribution is 2.33. The van der Waals surface area contributed by atoms with Gasteiger partial charge in [0.1, 0.15) is 5.67 Å². The first-order valence-corrected chi connectivity index (χ1v) is 6.16. The van der Waals surface area contributed by atoms with E-state index >= 15 is 0 Å². The molecule has 1 N–H and O–H groups in total. The number of halogens is 1. The molecule has 0 amide bonds. The molecule has 1 aromatic rings. The molecule has 1 saturated heterocycles. The predicted octanol–water partition coefficient (Wildman–Crippen LogP) is 2.56. The summed E-state index contributed by atoms with van der Waals surface area (Å²) in [5, 5.41) is 3.30. The van der Waals surface area contributed by atoms with Gasteiger partial charge in [-0.3, -0.25) is 0 Å². The summed E-state index contributed by atoms with van der Waals surface area (Å²) in [7, 11) is 0. The monoisotopic (exact) mass is 237 g/mol. The lowest BCUT2D eigenvalue weighted by Gasteiger charge is -2.31. The fourth-order valence-electron chi connectivity index (χ4n) is 2.48. The van der Waals surface area contributed by atoms with E-state index in [1.165, 1.54) is 0 Å². The van der Waals surface area contributed by atoms with E-state index in [1.54, 1.807) is 6.92 Å². The smallest absolute Gasteiger partial charge is 0.135 e. The molecule has 0 aliphatic carbocycles. The van der Waals surface area contributed by atoms with Crippen molar-refractivity contribution in [3.63, 3.8) is 0 Å². The molecule has 0 bridgehead atoms. The van der Waals surface area contributed by atoms with Crippen LogP contribution in [0.3, 0.4) is 0 Å². The van der Waals surface area contributed by atoms with Gasteiger partial charge in [-0.1, -0.05) is 24.3 Å². The Morgan fingerprint density at radius 3 is 2.88 bits per heavy atom. The number of hydrogen-bond donors (Lipinski definition) is 1. The zero-order chi connectivity index (χ0) is 12.3. The van der Waals surface area contributed by atoms with Crippen LogP contribution in [-0.2, 0) is 10.4 Å². The van der Waals surface area contributed by atoms with E-state index in [9.17, 15) is 4.39 Å². The van der Waals surface area contributed by atoms with Gasteiger partial charge in [0.25, 0.3) is 0 Å². The molecule has 2 nitrogen and oxygen atoms in total. The van der Waals surface area contributed by atoms with Gasteiger partial charge in [-0.2, -0.15) is 0 Å².